The van der Waals surface area contributed by atoms with E-state index in [1.165, 1.54) is 0 Å². The lowest BCUT2D eigenvalue weighted by molar-refractivity contribution is -0.115. The first-order chi connectivity index (χ1) is 10.8. The van der Waals surface area contributed by atoms with E-state index in [0.717, 1.165) is 42.5 Å². The first-order valence-electron chi connectivity index (χ1n) is 6.29. The first kappa shape index (κ1) is 17.0. The quantitative estimate of drug-likeness (QED) is 0.871. The maximum absolute atomic E-state index is 13.4. The van der Waals surface area contributed by atoms with Crippen LogP contribution in [-0.4, -0.2) is 20.9 Å². The van der Waals surface area contributed by atoms with Gasteiger partial charge in [0, 0.05) is 0 Å². The van der Waals surface area contributed by atoms with E-state index in [1.54, 1.807) is 0 Å². The number of rotatable bonds is 5. The van der Waals surface area contributed by atoms with Gasteiger partial charge in [-0.25, -0.2) is 26.3 Å². The minimum Gasteiger partial charge on any atom is -0.320 e. The molecule has 0 saturated heterocycles. The van der Waals surface area contributed by atoms with Crippen molar-refractivity contribution in [1.29, 1.82) is 0 Å². The highest BCUT2D eigenvalue weighted by Crippen LogP contribution is 2.17. The summed E-state index contributed by atoms with van der Waals surface area (Å²) in [6.07, 6.45) is 0. The summed E-state index contributed by atoms with van der Waals surface area (Å²) in [7, 11) is -4.05. The van der Waals surface area contributed by atoms with Gasteiger partial charge in [-0.3, -0.25) is 4.79 Å². The van der Waals surface area contributed by atoms with Crippen LogP contribution in [0.4, 0.5) is 18.9 Å². The topological polar surface area (TPSA) is 75.3 Å². The Hall–Kier alpha value is -2.39. The zero-order valence-electron chi connectivity index (χ0n) is 11.5. The van der Waals surface area contributed by atoms with Crippen molar-refractivity contribution in [2.45, 2.75) is 4.90 Å². The number of anilines is 1. The SMILES string of the molecule is O=C(CNS(=O)(=O)c1ccc(F)cc1)Nc1c(F)cccc1F. The Bertz CT molecular complexity index is 803. The smallest absolute Gasteiger partial charge is 0.241 e. The summed E-state index contributed by atoms with van der Waals surface area (Å²) in [5.41, 5.74) is -0.668. The Morgan fingerprint density at radius 3 is 2.09 bits per heavy atom. The lowest BCUT2D eigenvalue weighted by atomic mass is 10.3. The summed E-state index contributed by atoms with van der Waals surface area (Å²) < 4.78 is 65.2. The second-order valence-electron chi connectivity index (χ2n) is 4.42. The van der Waals surface area contributed by atoms with Crippen molar-refractivity contribution >= 4 is 21.6 Å². The molecule has 0 fully saturated rings. The molecule has 0 unspecified atom stereocenters. The molecule has 9 heteroatoms. The molecule has 2 N–H and O–H groups in total. The highest BCUT2D eigenvalue weighted by Gasteiger charge is 2.17. The molecule has 0 radical (unpaired) electrons. The summed E-state index contributed by atoms with van der Waals surface area (Å²) >= 11 is 0. The zero-order valence-corrected chi connectivity index (χ0v) is 12.3. The highest BCUT2D eigenvalue weighted by molar-refractivity contribution is 7.89. The van der Waals surface area contributed by atoms with Gasteiger partial charge in [-0.2, -0.15) is 0 Å². The molecule has 122 valence electrons. The van der Waals surface area contributed by atoms with Crippen molar-refractivity contribution in [3.8, 4) is 0 Å². The van der Waals surface area contributed by atoms with Gasteiger partial charge in [0.1, 0.15) is 23.1 Å². The molecular formula is C14H11F3N2O3S. The van der Waals surface area contributed by atoms with Crippen LogP contribution in [0.5, 0.6) is 0 Å². The maximum atomic E-state index is 13.4. The normalized spacial score (nSPS) is 11.3. The number of para-hydroxylation sites is 1. The predicted octanol–water partition coefficient (Wildman–Crippen LogP) is 2.02. The third-order valence-corrected chi connectivity index (χ3v) is 4.19. The molecule has 2 aromatic carbocycles. The highest BCUT2D eigenvalue weighted by atomic mass is 32.2. The molecule has 0 aliphatic heterocycles. The fourth-order valence-corrected chi connectivity index (χ4v) is 2.64. The number of sulfonamides is 1. The van der Waals surface area contributed by atoms with Gasteiger partial charge in [0.05, 0.1) is 11.4 Å². The van der Waals surface area contributed by atoms with Crippen LogP contribution >= 0.6 is 0 Å². The average Bonchev–Trinajstić information content (AvgIpc) is 2.50. The number of benzene rings is 2. The molecule has 5 nitrogen and oxygen atoms in total. The Morgan fingerprint density at radius 2 is 1.52 bits per heavy atom. The lowest BCUT2D eigenvalue weighted by Crippen LogP contribution is -2.33. The molecule has 0 bridgehead atoms. The average molecular weight is 344 g/mol. The number of carbonyl (C=O) groups is 1. The summed E-state index contributed by atoms with van der Waals surface area (Å²) in [5.74, 6) is -3.55. The van der Waals surface area contributed by atoms with Gasteiger partial charge >= 0.3 is 0 Å². The molecule has 1 amide bonds. The molecule has 23 heavy (non-hydrogen) atoms. The van der Waals surface area contributed by atoms with Gasteiger partial charge in [0.15, 0.2) is 0 Å². The van der Waals surface area contributed by atoms with Gasteiger partial charge in [-0.05, 0) is 36.4 Å². The zero-order chi connectivity index (χ0) is 17.0. The Labute approximate surface area is 130 Å². The summed E-state index contributed by atoms with van der Waals surface area (Å²) in [5, 5.41) is 1.94. The fraction of sp³-hybridized carbons (Fsp3) is 0.0714. The Kier molecular flexibility index (Phi) is 5.02. The lowest BCUT2D eigenvalue weighted by Gasteiger charge is -2.09. The van der Waals surface area contributed by atoms with Gasteiger partial charge in [0.2, 0.25) is 15.9 Å². The van der Waals surface area contributed by atoms with E-state index in [9.17, 15) is 26.4 Å². The molecule has 0 aromatic heterocycles. The van der Waals surface area contributed by atoms with Crippen molar-refractivity contribution in [3.05, 3.63) is 59.9 Å². The van der Waals surface area contributed by atoms with Crippen LogP contribution in [0.2, 0.25) is 0 Å². The molecule has 0 heterocycles. The third kappa shape index (κ3) is 4.30. The Morgan fingerprint density at radius 1 is 0.957 bits per heavy atom. The number of nitrogens with one attached hydrogen (secondary N) is 2. The molecule has 0 atom stereocenters. The third-order valence-electron chi connectivity index (χ3n) is 2.77. The van der Waals surface area contributed by atoms with Crippen LogP contribution < -0.4 is 10.0 Å². The van der Waals surface area contributed by atoms with Crippen LogP contribution in [0.15, 0.2) is 47.4 Å². The van der Waals surface area contributed by atoms with E-state index < -0.39 is 45.6 Å². The number of hydrogen-bond donors (Lipinski definition) is 2. The summed E-state index contributed by atoms with van der Waals surface area (Å²) in [6.45, 7) is -0.743. The molecule has 0 spiro atoms. The number of carbonyl (C=O) groups excluding carboxylic acids is 1. The van der Waals surface area contributed by atoms with Crippen molar-refractivity contribution < 1.29 is 26.4 Å². The minimum absolute atomic E-state index is 0.247. The molecule has 2 aromatic rings. The van der Waals surface area contributed by atoms with Gasteiger partial charge in [-0.1, -0.05) is 6.07 Å². The van der Waals surface area contributed by atoms with Gasteiger partial charge in [-0.15, -0.1) is 0 Å². The molecular weight excluding hydrogens is 333 g/mol. The van der Waals surface area contributed by atoms with Gasteiger partial charge in [0.25, 0.3) is 0 Å². The Balaban J connectivity index is 2.03. The summed E-state index contributed by atoms with van der Waals surface area (Å²) in [4.78, 5) is 11.4. The predicted molar refractivity (Wildman–Crippen MR) is 76.6 cm³/mol. The maximum Gasteiger partial charge on any atom is 0.241 e. The van der Waals surface area contributed by atoms with Crippen LogP contribution in [0.3, 0.4) is 0 Å². The minimum atomic E-state index is -4.05. The van der Waals surface area contributed by atoms with Crippen LogP contribution in [0, 0.1) is 17.5 Å². The number of amides is 1. The van der Waals surface area contributed by atoms with Crippen molar-refractivity contribution in [3.63, 3.8) is 0 Å². The van der Waals surface area contributed by atoms with Gasteiger partial charge < -0.3 is 5.32 Å². The first-order valence-corrected chi connectivity index (χ1v) is 7.77. The molecule has 2 rings (SSSR count). The van der Waals surface area contributed by atoms with Crippen LogP contribution in [-0.2, 0) is 14.8 Å². The largest absolute Gasteiger partial charge is 0.320 e. The van der Waals surface area contributed by atoms with Crippen LogP contribution in [0.25, 0.3) is 0 Å². The van der Waals surface area contributed by atoms with Crippen molar-refractivity contribution in [1.82, 2.24) is 4.72 Å². The van der Waals surface area contributed by atoms with E-state index in [2.05, 4.69) is 0 Å². The number of hydrogen-bond acceptors (Lipinski definition) is 3. The molecule has 0 saturated carbocycles. The summed E-state index contributed by atoms with van der Waals surface area (Å²) in [6, 6.07) is 6.95. The fourth-order valence-electron chi connectivity index (χ4n) is 1.66. The van der Waals surface area contributed by atoms with E-state index in [1.807, 2.05) is 10.0 Å². The van der Waals surface area contributed by atoms with Crippen LogP contribution in [0.1, 0.15) is 0 Å². The molecule has 0 aliphatic carbocycles. The monoisotopic (exact) mass is 344 g/mol. The number of halogens is 3. The van der Waals surface area contributed by atoms with E-state index in [-0.39, 0.29) is 4.90 Å². The second kappa shape index (κ2) is 6.80. The standard InChI is InChI=1S/C14H11F3N2O3S/c15-9-4-6-10(7-5-9)23(21,22)18-8-13(20)19-14-11(16)2-1-3-12(14)17/h1-7,18H,8H2,(H,19,20). The van der Waals surface area contributed by atoms with E-state index >= 15 is 0 Å². The molecule has 0 aliphatic rings. The van der Waals surface area contributed by atoms with Crippen molar-refractivity contribution in [2.24, 2.45) is 0 Å². The van der Waals surface area contributed by atoms with E-state index in [4.69, 9.17) is 0 Å². The van der Waals surface area contributed by atoms with Crippen molar-refractivity contribution in [2.75, 3.05) is 11.9 Å². The van der Waals surface area contributed by atoms with E-state index in [0.29, 0.717) is 0 Å². The second-order valence-corrected chi connectivity index (χ2v) is 6.19.